The first-order valence-corrected chi connectivity index (χ1v) is 5.36. The number of hydrogen-bond donors (Lipinski definition) is 0. The number of rotatable bonds is 2. The van der Waals surface area contributed by atoms with E-state index in [1.165, 1.54) is 6.92 Å². The third kappa shape index (κ3) is 6.27. The topological polar surface area (TPSA) is 26.3 Å². The second-order valence-electron chi connectivity index (χ2n) is 1.09. The molecule has 7 heavy (non-hydrogen) atoms. The molecule has 0 unspecified atom stereocenters. The Labute approximate surface area is 54.0 Å². The second-order valence-corrected chi connectivity index (χ2v) is 4.52. The zero-order chi connectivity index (χ0) is 5.70. The number of hydrogen-bond acceptors (Lipinski definition) is 2. The molecule has 0 heterocycles. The van der Waals surface area contributed by atoms with Gasteiger partial charge in [-0.3, -0.25) is 0 Å². The molecule has 0 aromatic carbocycles. The van der Waals surface area contributed by atoms with Gasteiger partial charge in [0.15, 0.2) is 0 Å². The van der Waals surface area contributed by atoms with Gasteiger partial charge in [0.1, 0.15) is 0 Å². The molecule has 2 radical (unpaired) electrons. The van der Waals surface area contributed by atoms with Gasteiger partial charge in [0.2, 0.25) is 0 Å². The maximum atomic E-state index is 10.0. The Morgan fingerprint density at radius 3 is 2.57 bits per heavy atom. The van der Waals surface area contributed by atoms with Crippen LogP contribution in [0.1, 0.15) is 13.8 Å². The minimum absolute atomic E-state index is 0.117. The van der Waals surface area contributed by atoms with Crippen LogP contribution in [0.15, 0.2) is 0 Å². The summed E-state index contributed by atoms with van der Waals surface area (Å²) in [6.45, 7) is 3.49. The molecule has 0 rings (SSSR count). The van der Waals surface area contributed by atoms with Gasteiger partial charge in [-0.15, -0.1) is 0 Å². The Morgan fingerprint density at radius 1 is 1.86 bits per heavy atom. The molecule has 0 aliphatic rings. The molecular formula is C4H8O2Sn. The van der Waals surface area contributed by atoms with Gasteiger partial charge in [-0.25, -0.2) is 0 Å². The standard InChI is InChI=1S/C2H4O2.C2H5.Sn/c1-2(3)4;1-2;/h1H3,(H,3,4);1H2,2H3;/q;;+1/p-1. The van der Waals surface area contributed by atoms with Gasteiger partial charge in [-0.05, 0) is 0 Å². The summed E-state index contributed by atoms with van der Waals surface area (Å²) in [5.74, 6) is -0.117. The molecule has 0 aliphatic heterocycles. The van der Waals surface area contributed by atoms with Crippen molar-refractivity contribution < 1.29 is 7.87 Å². The Bertz CT molecular complexity index is 62.7. The molecule has 0 bridgehead atoms. The van der Waals surface area contributed by atoms with Crippen LogP contribution in [0.4, 0.5) is 0 Å². The Morgan fingerprint density at radius 2 is 2.43 bits per heavy atom. The number of carbonyl (C=O) groups is 1. The van der Waals surface area contributed by atoms with Crippen molar-refractivity contribution >= 4 is 27.5 Å². The summed E-state index contributed by atoms with van der Waals surface area (Å²) in [6.07, 6.45) is 0. The second kappa shape index (κ2) is 4.43. The quantitative estimate of drug-likeness (QED) is 0.619. The van der Waals surface area contributed by atoms with Crippen LogP contribution in [0.5, 0.6) is 0 Å². The fourth-order valence-corrected chi connectivity index (χ4v) is 1.17. The van der Waals surface area contributed by atoms with E-state index in [1.807, 2.05) is 6.92 Å². The molecule has 0 saturated heterocycles. The summed E-state index contributed by atoms with van der Waals surface area (Å²) in [5.41, 5.74) is 0. The first-order chi connectivity index (χ1) is 3.27. The van der Waals surface area contributed by atoms with Gasteiger partial charge in [0.25, 0.3) is 0 Å². The average molecular weight is 207 g/mol. The Balaban J connectivity index is 2.82. The van der Waals surface area contributed by atoms with E-state index >= 15 is 0 Å². The van der Waals surface area contributed by atoms with Crippen molar-refractivity contribution in [3.05, 3.63) is 0 Å². The zero-order valence-corrected chi connectivity index (χ0v) is 7.38. The summed E-state index contributed by atoms with van der Waals surface area (Å²) in [7, 11) is 0. The van der Waals surface area contributed by atoms with E-state index in [4.69, 9.17) is 3.07 Å². The predicted octanol–water partition coefficient (Wildman–Crippen LogP) is 0.607. The molecule has 3 heteroatoms. The molecule has 0 spiro atoms. The molecule has 0 N–H and O–H groups in total. The van der Waals surface area contributed by atoms with Crippen molar-refractivity contribution in [2.45, 2.75) is 18.3 Å². The van der Waals surface area contributed by atoms with E-state index in [2.05, 4.69) is 0 Å². The molecule has 0 aliphatic carbocycles. The maximum absolute atomic E-state index is 10.0. The van der Waals surface area contributed by atoms with Gasteiger partial charge in [0, 0.05) is 0 Å². The van der Waals surface area contributed by atoms with E-state index in [9.17, 15) is 4.79 Å². The molecule has 40 valence electrons. The van der Waals surface area contributed by atoms with E-state index < -0.39 is 21.6 Å². The fraction of sp³-hybridized carbons (Fsp3) is 0.750. The number of carbonyl (C=O) groups excluding carboxylic acids is 1. The van der Waals surface area contributed by atoms with Crippen molar-refractivity contribution in [2.75, 3.05) is 0 Å². The van der Waals surface area contributed by atoms with E-state index in [0.717, 1.165) is 4.44 Å². The minimum atomic E-state index is -0.705. The summed E-state index contributed by atoms with van der Waals surface area (Å²) in [6, 6.07) is 0. The Hall–Kier alpha value is 0.269. The van der Waals surface area contributed by atoms with Crippen LogP contribution < -0.4 is 0 Å². The van der Waals surface area contributed by atoms with Gasteiger partial charge in [-0.1, -0.05) is 0 Å². The molecular weight excluding hydrogens is 199 g/mol. The normalized spacial score (nSPS) is 8.29. The first kappa shape index (κ1) is 7.27. The molecule has 0 atom stereocenters. The van der Waals surface area contributed by atoms with Crippen molar-refractivity contribution in [3.63, 3.8) is 0 Å². The summed E-state index contributed by atoms with van der Waals surface area (Å²) < 4.78 is 5.79. The average Bonchev–Trinajstić information content (AvgIpc) is 1.61. The predicted molar refractivity (Wildman–Crippen MR) is 28.0 cm³/mol. The van der Waals surface area contributed by atoms with Crippen LogP contribution in [0.2, 0.25) is 4.44 Å². The van der Waals surface area contributed by atoms with Crippen molar-refractivity contribution in [1.29, 1.82) is 0 Å². The molecule has 0 aromatic rings. The SMILES string of the molecule is C[CH2][Sn][O]C(C)=O. The molecule has 0 amide bonds. The van der Waals surface area contributed by atoms with Gasteiger partial charge in [-0.2, -0.15) is 0 Å². The molecule has 0 fully saturated rings. The van der Waals surface area contributed by atoms with Crippen LogP contribution >= 0.6 is 0 Å². The first-order valence-electron chi connectivity index (χ1n) is 2.17. The van der Waals surface area contributed by atoms with E-state index in [-0.39, 0.29) is 5.97 Å². The van der Waals surface area contributed by atoms with Crippen LogP contribution in [-0.4, -0.2) is 27.5 Å². The van der Waals surface area contributed by atoms with E-state index in [1.54, 1.807) is 0 Å². The monoisotopic (exact) mass is 208 g/mol. The third-order valence-corrected chi connectivity index (χ3v) is 2.42. The fourth-order valence-electron chi connectivity index (χ4n) is 0.174. The van der Waals surface area contributed by atoms with Gasteiger partial charge in [0.05, 0.1) is 0 Å². The van der Waals surface area contributed by atoms with Crippen molar-refractivity contribution in [2.24, 2.45) is 0 Å². The molecule has 2 nitrogen and oxygen atoms in total. The Kier molecular flexibility index (Phi) is 4.60. The summed E-state index contributed by atoms with van der Waals surface area (Å²) in [5, 5.41) is 0. The summed E-state index contributed by atoms with van der Waals surface area (Å²) >= 11 is -0.705. The van der Waals surface area contributed by atoms with Crippen molar-refractivity contribution in [3.8, 4) is 0 Å². The van der Waals surface area contributed by atoms with Crippen LogP contribution in [0.25, 0.3) is 0 Å². The van der Waals surface area contributed by atoms with Crippen LogP contribution in [-0.2, 0) is 7.87 Å². The van der Waals surface area contributed by atoms with Crippen LogP contribution in [0.3, 0.4) is 0 Å². The van der Waals surface area contributed by atoms with Crippen molar-refractivity contribution in [1.82, 2.24) is 0 Å². The third-order valence-electron chi connectivity index (χ3n) is 0.360. The van der Waals surface area contributed by atoms with Crippen LogP contribution in [0, 0.1) is 0 Å². The van der Waals surface area contributed by atoms with Gasteiger partial charge < -0.3 is 0 Å². The summed E-state index contributed by atoms with van der Waals surface area (Å²) in [4.78, 5) is 10.0. The van der Waals surface area contributed by atoms with E-state index in [0.29, 0.717) is 0 Å². The zero-order valence-electron chi connectivity index (χ0n) is 4.52. The molecule has 0 aromatic heterocycles. The van der Waals surface area contributed by atoms with Gasteiger partial charge >= 0.3 is 53.7 Å². The molecule has 0 saturated carbocycles.